The summed E-state index contributed by atoms with van der Waals surface area (Å²) in [6, 6.07) is 13.8. The van der Waals surface area contributed by atoms with Crippen LogP contribution >= 0.6 is 12.2 Å². The van der Waals surface area contributed by atoms with Gasteiger partial charge in [0.15, 0.2) is 0 Å². The van der Waals surface area contributed by atoms with Gasteiger partial charge in [-0.2, -0.15) is 0 Å². The van der Waals surface area contributed by atoms with Crippen LogP contribution in [0.3, 0.4) is 0 Å². The quantitative estimate of drug-likeness (QED) is 0.634. The third-order valence-corrected chi connectivity index (χ3v) is 5.19. The topological polar surface area (TPSA) is 39.7 Å². The molecule has 0 saturated carbocycles. The highest BCUT2D eigenvalue weighted by Gasteiger charge is 2.51. The molecule has 0 unspecified atom stereocenters. The van der Waals surface area contributed by atoms with Gasteiger partial charge in [-0.05, 0) is 75.2 Å². The Bertz CT molecular complexity index is 793. The van der Waals surface area contributed by atoms with E-state index in [1.54, 1.807) is 12.1 Å². The van der Waals surface area contributed by atoms with Crippen LogP contribution in [0.25, 0.3) is 0 Å². The monoisotopic (exact) mass is 387 g/mol. The van der Waals surface area contributed by atoms with Crippen molar-refractivity contribution in [3.63, 3.8) is 0 Å². The standard InChI is InChI=1S/C20H23BFNO3S/c1-19(2)20(3,4)26-21(25-19)15-7-5-14(6-8-15)13-24-18(27)23-17-11-9-16(22)10-12-17/h5-12H,13H2,1-4H3,(H,23,27). The second-order valence-electron chi connectivity index (χ2n) is 7.54. The average Bonchev–Trinajstić information content (AvgIpc) is 2.83. The van der Waals surface area contributed by atoms with Crippen LogP contribution in [-0.2, 0) is 20.7 Å². The molecule has 4 nitrogen and oxygen atoms in total. The van der Waals surface area contributed by atoms with E-state index in [0.29, 0.717) is 12.3 Å². The molecule has 7 heteroatoms. The van der Waals surface area contributed by atoms with Crippen molar-refractivity contribution < 1.29 is 18.4 Å². The third kappa shape index (κ3) is 4.67. The molecule has 2 aromatic rings. The van der Waals surface area contributed by atoms with E-state index in [0.717, 1.165) is 11.0 Å². The minimum atomic E-state index is -0.383. The molecule has 0 radical (unpaired) electrons. The molecule has 1 aliphatic rings. The van der Waals surface area contributed by atoms with E-state index in [-0.39, 0.29) is 29.3 Å². The maximum absolute atomic E-state index is 12.9. The number of anilines is 1. The van der Waals surface area contributed by atoms with Crippen molar-refractivity contribution in [2.45, 2.75) is 45.5 Å². The first-order chi connectivity index (χ1) is 12.7. The summed E-state index contributed by atoms with van der Waals surface area (Å²) < 4.78 is 30.6. The van der Waals surface area contributed by atoms with Crippen molar-refractivity contribution in [1.29, 1.82) is 0 Å². The molecule has 0 aliphatic carbocycles. The van der Waals surface area contributed by atoms with Crippen molar-refractivity contribution in [3.8, 4) is 0 Å². The van der Waals surface area contributed by atoms with Crippen molar-refractivity contribution in [1.82, 2.24) is 0 Å². The van der Waals surface area contributed by atoms with E-state index in [2.05, 4.69) is 5.32 Å². The minimum Gasteiger partial charge on any atom is -0.466 e. The molecule has 1 aliphatic heterocycles. The molecule has 1 saturated heterocycles. The first-order valence-electron chi connectivity index (χ1n) is 8.80. The van der Waals surface area contributed by atoms with Gasteiger partial charge in [0.1, 0.15) is 12.4 Å². The molecule has 142 valence electrons. The number of hydrogen-bond donors (Lipinski definition) is 1. The molecular formula is C20H23BFNO3S. The number of hydrogen-bond acceptors (Lipinski definition) is 4. The van der Waals surface area contributed by atoms with Crippen LogP contribution in [-0.4, -0.2) is 23.5 Å². The summed E-state index contributed by atoms with van der Waals surface area (Å²) in [5, 5.41) is 3.15. The fraction of sp³-hybridized carbons (Fsp3) is 0.350. The average molecular weight is 387 g/mol. The molecule has 0 amide bonds. The Morgan fingerprint density at radius 1 is 1.00 bits per heavy atom. The van der Waals surface area contributed by atoms with Gasteiger partial charge in [0.2, 0.25) is 0 Å². The lowest BCUT2D eigenvalue weighted by Gasteiger charge is -2.32. The van der Waals surface area contributed by atoms with E-state index in [1.807, 2.05) is 52.0 Å². The zero-order valence-corrected chi connectivity index (χ0v) is 16.7. The Labute approximate surface area is 165 Å². The molecular weight excluding hydrogens is 364 g/mol. The highest BCUT2D eigenvalue weighted by atomic mass is 32.1. The minimum absolute atomic E-state index is 0.233. The van der Waals surface area contributed by atoms with Crippen molar-refractivity contribution in [2.75, 3.05) is 5.32 Å². The number of nitrogens with one attached hydrogen (secondary N) is 1. The molecule has 1 N–H and O–H groups in total. The summed E-state index contributed by atoms with van der Waals surface area (Å²) >= 11 is 5.16. The van der Waals surface area contributed by atoms with Crippen LogP contribution in [0, 0.1) is 5.82 Å². The summed E-state index contributed by atoms with van der Waals surface area (Å²) in [4.78, 5) is 0. The zero-order chi connectivity index (χ0) is 19.7. The van der Waals surface area contributed by atoms with Crippen LogP contribution in [0.2, 0.25) is 0 Å². The van der Waals surface area contributed by atoms with E-state index < -0.39 is 0 Å². The SMILES string of the molecule is CC1(C)OB(c2ccc(COC(=S)Nc3ccc(F)cc3)cc2)OC1(C)C. The molecule has 1 fully saturated rings. The van der Waals surface area contributed by atoms with Crippen LogP contribution < -0.4 is 10.8 Å². The number of ether oxygens (including phenoxy) is 1. The molecule has 0 spiro atoms. The van der Waals surface area contributed by atoms with Gasteiger partial charge < -0.3 is 19.4 Å². The maximum Gasteiger partial charge on any atom is 0.494 e. The van der Waals surface area contributed by atoms with E-state index in [1.165, 1.54) is 12.1 Å². The Morgan fingerprint density at radius 2 is 1.56 bits per heavy atom. The molecule has 0 bridgehead atoms. The second-order valence-corrected chi connectivity index (χ2v) is 7.91. The van der Waals surface area contributed by atoms with Crippen LogP contribution in [0.5, 0.6) is 0 Å². The van der Waals surface area contributed by atoms with Crippen molar-refractivity contribution in [2.24, 2.45) is 0 Å². The summed E-state index contributed by atoms with van der Waals surface area (Å²) in [6.07, 6.45) is 0. The van der Waals surface area contributed by atoms with Crippen LogP contribution in [0.15, 0.2) is 48.5 Å². The fourth-order valence-corrected chi connectivity index (χ4v) is 2.76. The predicted molar refractivity (Wildman–Crippen MR) is 110 cm³/mol. The Balaban J connectivity index is 1.54. The number of benzene rings is 2. The normalized spacial score (nSPS) is 17.6. The molecule has 0 aromatic heterocycles. The van der Waals surface area contributed by atoms with Crippen molar-refractivity contribution >= 4 is 35.7 Å². The predicted octanol–water partition coefficient (Wildman–Crippen LogP) is 4.04. The van der Waals surface area contributed by atoms with Gasteiger partial charge in [0.25, 0.3) is 5.17 Å². The highest BCUT2D eigenvalue weighted by Crippen LogP contribution is 2.36. The van der Waals surface area contributed by atoms with E-state index in [9.17, 15) is 4.39 Å². The van der Waals surface area contributed by atoms with Gasteiger partial charge in [-0.15, -0.1) is 0 Å². The number of halogens is 1. The van der Waals surface area contributed by atoms with Gasteiger partial charge in [0, 0.05) is 5.69 Å². The van der Waals surface area contributed by atoms with Crippen LogP contribution in [0.4, 0.5) is 10.1 Å². The first kappa shape index (κ1) is 19.8. The van der Waals surface area contributed by atoms with Gasteiger partial charge in [-0.25, -0.2) is 4.39 Å². The van der Waals surface area contributed by atoms with Gasteiger partial charge in [-0.1, -0.05) is 24.3 Å². The van der Waals surface area contributed by atoms with Crippen molar-refractivity contribution in [3.05, 3.63) is 59.9 Å². The lowest BCUT2D eigenvalue weighted by molar-refractivity contribution is 0.00578. The third-order valence-electron chi connectivity index (χ3n) is 4.97. The number of rotatable bonds is 4. The van der Waals surface area contributed by atoms with Crippen LogP contribution in [0.1, 0.15) is 33.3 Å². The Morgan fingerprint density at radius 3 is 2.11 bits per heavy atom. The summed E-state index contributed by atoms with van der Waals surface area (Å²) in [5.74, 6) is -0.297. The van der Waals surface area contributed by atoms with Gasteiger partial charge >= 0.3 is 7.12 Å². The Hall–Kier alpha value is -1.96. The summed E-state index contributed by atoms with van der Waals surface area (Å²) in [6.45, 7) is 8.46. The molecule has 2 aromatic carbocycles. The molecule has 1 heterocycles. The van der Waals surface area contributed by atoms with Gasteiger partial charge in [-0.3, -0.25) is 0 Å². The molecule has 3 rings (SSSR count). The fourth-order valence-electron chi connectivity index (χ4n) is 2.59. The first-order valence-corrected chi connectivity index (χ1v) is 9.21. The summed E-state index contributed by atoms with van der Waals surface area (Å²) in [5.41, 5.74) is 1.88. The lowest BCUT2D eigenvalue weighted by atomic mass is 9.79. The molecule has 27 heavy (non-hydrogen) atoms. The van der Waals surface area contributed by atoms with E-state index in [4.69, 9.17) is 26.3 Å². The Kier molecular flexibility index (Phi) is 5.56. The lowest BCUT2D eigenvalue weighted by Crippen LogP contribution is -2.41. The molecule has 0 atom stereocenters. The maximum atomic E-state index is 12.9. The zero-order valence-electron chi connectivity index (χ0n) is 15.9. The second kappa shape index (κ2) is 7.58. The number of thiocarbonyl (C=S) groups is 1. The smallest absolute Gasteiger partial charge is 0.466 e. The summed E-state index contributed by atoms with van der Waals surface area (Å²) in [7, 11) is -0.383. The highest BCUT2D eigenvalue weighted by molar-refractivity contribution is 7.80. The van der Waals surface area contributed by atoms with Gasteiger partial charge in [0.05, 0.1) is 11.2 Å². The van der Waals surface area contributed by atoms with E-state index >= 15 is 0 Å². The largest absolute Gasteiger partial charge is 0.494 e.